The van der Waals surface area contributed by atoms with Crippen molar-refractivity contribution in [2.45, 2.75) is 51.0 Å². The van der Waals surface area contributed by atoms with E-state index in [0.717, 1.165) is 12.5 Å². The molecule has 2 aliphatic rings. The van der Waals surface area contributed by atoms with Gasteiger partial charge in [-0.15, -0.1) is 12.3 Å². The van der Waals surface area contributed by atoms with Crippen LogP contribution in [0.1, 0.15) is 58.8 Å². The number of carbonyl (C=O) groups excluding carboxylic acids is 1. The summed E-state index contributed by atoms with van der Waals surface area (Å²) >= 11 is 0. The molecule has 9 nitrogen and oxygen atoms in total. The summed E-state index contributed by atoms with van der Waals surface area (Å²) in [5.41, 5.74) is 0.296. The van der Waals surface area contributed by atoms with Gasteiger partial charge in [0.25, 0.3) is 11.8 Å². The zero-order chi connectivity index (χ0) is 30.0. The number of amides is 1. The number of alkyl halides is 2. The minimum absolute atomic E-state index is 0.0665. The maximum atomic E-state index is 14.2. The lowest BCUT2D eigenvalue weighted by Crippen LogP contribution is -2.50. The average Bonchev–Trinajstić information content (AvgIpc) is 3.22. The Morgan fingerprint density at radius 1 is 1.24 bits per heavy atom. The van der Waals surface area contributed by atoms with Crippen molar-refractivity contribution in [2.24, 2.45) is 4.99 Å². The van der Waals surface area contributed by atoms with Gasteiger partial charge in [-0.05, 0) is 67.6 Å². The summed E-state index contributed by atoms with van der Waals surface area (Å²) in [6, 6.07) is 8.55. The first-order chi connectivity index (χ1) is 19.2. The summed E-state index contributed by atoms with van der Waals surface area (Å²) in [6.45, 7) is 2.76. The van der Waals surface area contributed by atoms with Gasteiger partial charge in [0.05, 0.1) is 17.9 Å². The molecular weight excluding hydrogens is 556 g/mol. The molecule has 2 N–H and O–H groups in total. The van der Waals surface area contributed by atoms with Crippen molar-refractivity contribution >= 4 is 27.7 Å². The number of benzene rings is 2. The normalized spacial score (nSPS) is 17.1. The van der Waals surface area contributed by atoms with Gasteiger partial charge in [-0.1, -0.05) is 6.07 Å². The number of ether oxygens (including phenoxy) is 1. The highest BCUT2D eigenvalue weighted by Gasteiger charge is 2.47. The first-order valence-corrected chi connectivity index (χ1v) is 14.7. The predicted octanol–water partition coefficient (Wildman–Crippen LogP) is 3.49. The van der Waals surface area contributed by atoms with Crippen molar-refractivity contribution in [1.29, 1.82) is 0 Å². The number of carboxylic acid groups (broad SMARTS) is 1. The second kappa shape index (κ2) is 11.6. The van der Waals surface area contributed by atoms with Crippen molar-refractivity contribution in [3.8, 4) is 18.1 Å². The standard InChI is InChI=1S/C29H31F2N3O6S/c1-4-5-13-40-24-17-22(16-23(18-24)28(3,30)31)25-32-27(37)29(33-25)9-11-34(12-10-29)41(38,39)14-8-20-6-7-21(26(35)36)15-19(20)2/h1,6-7,15-18H,5,8-14H2,2-3H3,(H,35,36)(H,32,33,37). The molecule has 0 aromatic heterocycles. The van der Waals surface area contributed by atoms with E-state index in [4.69, 9.17) is 16.3 Å². The molecule has 218 valence electrons. The molecule has 0 atom stereocenters. The van der Waals surface area contributed by atoms with E-state index in [1.54, 1.807) is 13.0 Å². The van der Waals surface area contributed by atoms with Gasteiger partial charge in [-0.3, -0.25) is 9.79 Å². The van der Waals surface area contributed by atoms with Gasteiger partial charge in [0.2, 0.25) is 10.0 Å². The van der Waals surface area contributed by atoms with Crippen LogP contribution < -0.4 is 10.1 Å². The van der Waals surface area contributed by atoms with Crippen LogP contribution >= 0.6 is 0 Å². The molecule has 0 unspecified atom stereocenters. The Bertz CT molecular complexity index is 1530. The van der Waals surface area contributed by atoms with E-state index in [1.165, 1.54) is 34.6 Å². The molecule has 2 heterocycles. The minimum atomic E-state index is -3.67. The highest BCUT2D eigenvalue weighted by Crippen LogP contribution is 2.35. The highest BCUT2D eigenvalue weighted by molar-refractivity contribution is 7.89. The highest BCUT2D eigenvalue weighted by atomic mass is 32.2. The Morgan fingerprint density at radius 2 is 1.95 bits per heavy atom. The number of aliphatic imine (C=N–C) groups is 1. The summed E-state index contributed by atoms with van der Waals surface area (Å²) in [7, 11) is -3.67. The molecule has 1 fully saturated rings. The van der Waals surface area contributed by atoms with Gasteiger partial charge in [-0.2, -0.15) is 0 Å². The molecule has 2 aliphatic heterocycles. The molecule has 41 heavy (non-hydrogen) atoms. The summed E-state index contributed by atoms with van der Waals surface area (Å²) in [5, 5.41) is 11.8. The van der Waals surface area contributed by atoms with Crippen LogP contribution in [0.3, 0.4) is 0 Å². The number of aryl methyl sites for hydroxylation is 2. The lowest BCUT2D eigenvalue weighted by atomic mass is 9.89. The quantitative estimate of drug-likeness (QED) is 0.324. The number of piperidine rings is 1. The molecule has 1 spiro atoms. The Morgan fingerprint density at radius 3 is 2.56 bits per heavy atom. The summed E-state index contributed by atoms with van der Waals surface area (Å²) in [5.74, 6) is -2.10. The van der Waals surface area contributed by atoms with Crippen molar-refractivity contribution < 1.29 is 36.6 Å². The van der Waals surface area contributed by atoms with Crippen LogP contribution in [0.2, 0.25) is 0 Å². The van der Waals surface area contributed by atoms with Crippen molar-refractivity contribution in [3.05, 3.63) is 64.2 Å². The Hall–Kier alpha value is -3.82. The molecule has 1 amide bonds. The fraction of sp³-hybridized carbons (Fsp3) is 0.414. The summed E-state index contributed by atoms with van der Waals surface area (Å²) < 4.78 is 61.5. The number of aromatic carboxylic acids is 1. The number of hydrogen-bond acceptors (Lipinski definition) is 6. The van der Waals surface area contributed by atoms with E-state index < -0.39 is 33.4 Å². The van der Waals surface area contributed by atoms with E-state index in [9.17, 15) is 26.8 Å². The number of terminal acetylenes is 1. The number of nitrogens with one attached hydrogen (secondary N) is 1. The maximum Gasteiger partial charge on any atom is 0.335 e. The number of sulfonamides is 1. The zero-order valence-electron chi connectivity index (χ0n) is 22.7. The topological polar surface area (TPSA) is 125 Å². The molecule has 2 aromatic carbocycles. The van der Waals surface area contributed by atoms with Gasteiger partial charge in [0.15, 0.2) is 0 Å². The van der Waals surface area contributed by atoms with Crippen LogP contribution in [0.5, 0.6) is 5.75 Å². The monoisotopic (exact) mass is 587 g/mol. The van der Waals surface area contributed by atoms with Gasteiger partial charge in [0, 0.05) is 37.6 Å². The lowest BCUT2D eigenvalue weighted by Gasteiger charge is -2.34. The molecule has 0 saturated carbocycles. The van der Waals surface area contributed by atoms with E-state index >= 15 is 0 Å². The van der Waals surface area contributed by atoms with Gasteiger partial charge in [-0.25, -0.2) is 26.3 Å². The lowest BCUT2D eigenvalue weighted by molar-refractivity contribution is -0.124. The molecule has 1 saturated heterocycles. The summed E-state index contributed by atoms with van der Waals surface area (Å²) in [4.78, 5) is 28.8. The Balaban J connectivity index is 1.47. The van der Waals surface area contributed by atoms with Crippen LogP contribution in [-0.2, 0) is 27.2 Å². The van der Waals surface area contributed by atoms with Crippen LogP contribution in [0.15, 0.2) is 41.4 Å². The second-order valence-corrected chi connectivity index (χ2v) is 12.4. The van der Waals surface area contributed by atoms with Gasteiger partial charge in [0.1, 0.15) is 17.1 Å². The van der Waals surface area contributed by atoms with E-state index in [-0.39, 0.29) is 73.0 Å². The largest absolute Gasteiger partial charge is 0.493 e. The van der Waals surface area contributed by atoms with E-state index in [0.29, 0.717) is 12.0 Å². The van der Waals surface area contributed by atoms with Crippen molar-refractivity contribution in [1.82, 2.24) is 9.62 Å². The van der Waals surface area contributed by atoms with Crippen LogP contribution in [0, 0.1) is 19.3 Å². The molecule has 0 bridgehead atoms. The third-order valence-electron chi connectivity index (χ3n) is 7.34. The molecule has 0 radical (unpaired) electrons. The first kappa shape index (κ1) is 30.1. The van der Waals surface area contributed by atoms with Crippen molar-refractivity contribution in [3.63, 3.8) is 0 Å². The maximum absolute atomic E-state index is 14.2. The SMILES string of the molecule is C#CCCOc1cc(C2=NC3(CCN(S(=O)(=O)CCc4ccc(C(=O)O)cc4C)CC3)C(=O)N2)cc(C(C)(F)F)c1. The average molecular weight is 588 g/mol. The number of carbonyl (C=O) groups is 2. The van der Waals surface area contributed by atoms with E-state index in [2.05, 4.69) is 16.2 Å². The molecule has 0 aliphatic carbocycles. The molecule has 12 heteroatoms. The fourth-order valence-corrected chi connectivity index (χ4v) is 6.38. The van der Waals surface area contributed by atoms with Gasteiger partial charge < -0.3 is 15.2 Å². The minimum Gasteiger partial charge on any atom is -0.493 e. The third kappa shape index (κ3) is 6.74. The Kier molecular flexibility index (Phi) is 8.52. The summed E-state index contributed by atoms with van der Waals surface area (Å²) in [6.07, 6.45) is 6.00. The van der Waals surface area contributed by atoms with E-state index in [1.807, 2.05) is 0 Å². The van der Waals surface area contributed by atoms with Gasteiger partial charge >= 0.3 is 5.97 Å². The zero-order valence-corrected chi connectivity index (χ0v) is 23.6. The fourth-order valence-electron chi connectivity index (χ4n) is 4.90. The number of halogens is 2. The second-order valence-electron chi connectivity index (χ2n) is 10.3. The first-order valence-electron chi connectivity index (χ1n) is 13.1. The smallest absolute Gasteiger partial charge is 0.335 e. The van der Waals surface area contributed by atoms with Crippen LogP contribution in [0.25, 0.3) is 0 Å². The third-order valence-corrected chi connectivity index (χ3v) is 9.22. The predicted molar refractivity (Wildman–Crippen MR) is 149 cm³/mol. The van der Waals surface area contributed by atoms with Crippen LogP contribution in [0.4, 0.5) is 8.78 Å². The number of carboxylic acids is 1. The Labute approximate surface area is 237 Å². The number of rotatable bonds is 10. The molecule has 4 rings (SSSR count). The van der Waals surface area contributed by atoms with Crippen LogP contribution in [-0.4, -0.2) is 66.5 Å². The molecular formula is C29H31F2N3O6S. The number of hydrogen-bond donors (Lipinski definition) is 2. The number of amidine groups is 1. The molecule has 2 aromatic rings. The van der Waals surface area contributed by atoms with Crippen molar-refractivity contribution in [2.75, 3.05) is 25.4 Å². The number of nitrogens with zero attached hydrogens (tertiary/aromatic N) is 2.